The molecule has 0 aromatic heterocycles. The van der Waals surface area contributed by atoms with Gasteiger partial charge in [0.25, 0.3) is 0 Å². The molecule has 0 aromatic carbocycles. The summed E-state index contributed by atoms with van der Waals surface area (Å²) in [6.07, 6.45) is -0.138. The average molecular weight is 219 g/mol. The van der Waals surface area contributed by atoms with Crippen LogP contribution in [0.5, 0.6) is 0 Å². The van der Waals surface area contributed by atoms with Gasteiger partial charge in [-0.05, 0) is 19.8 Å². The zero-order chi connectivity index (χ0) is 12.3. The van der Waals surface area contributed by atoms with E-state index in [2.05, 4.69) is 0 Å². The standard InChI is InChI=1S/C8H17N3O4/c1-7(10,5(12)13)2-3-8(11,4-9)6(14)15/h2-4,9-11H2,1H3,(H,12,13)(H,14,15). The highest BCUT2D eigenvalue weighted by Gasteiger charge is 2.37. The van der Waals surface area contributed by atoms with Crippen molar-refractivity contribution in [3.05, 3.63) is 0 Å². The molecular weight excluding hydrogens is 202 g/mol. The Morgan fingerprint density at radius 3 is 1.87 bits per heavy atom. The van der Waals surface area contributed by atoms with Gasteiger partial charge in [0.2, 0.25) is 0 Å². The fraction of sp³-hybridized carbons (Fsp3) is 0.750. The van der Waals surface area contributed by atoms with Gasteiger partial charge in [-0.15, -0.1) is 0 Å². The van der Waals surface area contributed by atoms with Crippen LogP contribution in [-0.2, 0) is 9.59 Å². The molecule has 0 heterocycles. The van der Waals surface area contributed by atoms with Crippen molar-refractivity contribution >= 4 is 11.9 Å². The molecule has 0 aliphatic heterocycles. The predicted octanol–water partition coefficient (Wildman–Crippen LogP) is -1.69. The van der Waals surface area contributed by atoms with Crippen LogP contribution in [-0.4, -0.2) is 39.8 Å². The second kappa shape index (κ2) is 4.56. The molecule has 15 heavy (non-hydrogen) atoms. The maximum Gasteiger partial charge on any atom is 0.324 e. The third-order valence-electron chi connectivity index (χ3n) is 2.37. The van der Waals surface area contributed by atoms with Crippen molar-refractivity contribution < 1.29 is 19.8 Å². The fourth-order valence-corrected chi connectivity index (χ4v) is 0.886. The molecule has 0 radical (unpaired) electrons. The summed E-state index contributed by atoms with van der Waals surface area (Å²) in [4.78, 5) is 21.4. The van der Waals surface area contributed by atoms with Gasteiger partial charge in [0.1, 0.15) is 11.1 Å². The van der Waals surface area contributed by atoms with Crippen LogP contribution in [0.4, 0.5) is 0 Å². The van der Waals surface area contributed by atoms with E-state index in [9.17, 15) is 9.59 Å². The van der Waals surface area contributed by atoms with E-state index in [1.165, 1.54) is 6.92 Å². The van der Waals surface area contributed by atoms with E-state index in [0.717, 1.165) is 0 Å². The summed E-state index contributed by atoms with van der Waals surface area (Å²) in [6.45, 7) is 1.03. The molecule has 8 N–H and O–H groups in total. The Bertz CT molecular complexity index is 267. The predicted molar refractivity (Wildman–Crippen MR) is 53.1 cm³/mol. The van der Waals surface area contributed by atoms with Crippen LogP contribution in [0.2, 0.25) is 0 Å². The molecular formula is C8H17N3O4. The smallest absolute Gasteiger partial charge is 0.324 e. The number of nitrogens with two attached hydrogens (primary N) is 3. The summed E-state index contributed by atoms with van der Waals surface area (Å²) in [6, 6.07) is 0. The molecule has 0 spiro atoms. The first-order valence-corrected chi connectivity index (χ1v) is 4.40. The van der Waals surface area contributed by atoms with Gasteiger partial charge >= 0.3 is 11.9 Å². The van der Waals surface area contributed by atoms with E-state index in [4.69, 9.17) is 27.4 Å². The Morgan fingerprint density at radius 1 is 1.13 bits per heavy atom. The van der Waals surface area contributed by atoms with Gasteiger partial charge in [0.05, 0.1) is 0 Å². The van der Waals surface area contributed by atoms with Crippen LogP contribution >= 0.6 is 0 Å². The lowest BCUT2D eigenvalue weighted by molar-refractivity contribution is -0.146. The number of hydrogen-bond donors (Lipinski definition) is 5. The van der Waals surface area contributed by atoms with E-state index in [-0.39, 0.29) is 19.4 Å². The maximum atomic E-state index is 10.7. The van der Waals surface area contributed by atoms with Crippen LogP contribution in [0.1, 0.15) is 19.8 Å². The van der Waals surface area contributed by atoms with Gasteiger partial charge in [-0.1, -0.05) is 0 Å². The van der Waals surface area contributed by atoms with Crippen LogP contribution in [0.3, 0.4) is 0 Å². The topological polar surface area (TPSA) is 153 Å². The molecule has 7 heteroatoms. The SMILES string of the molecule is CC(N)(CCC(N)(CN)C(=O)O)C(=O)O. The minimum absolute atomic E-state index is 0.0532. The summed E-state index contributed by atoms with van der Waals surface area (Å²) in [5.74, 6) is -2.46. The Kier molecular flexibility index (Phi) is 4.20. The quantitative estimate of drug-likeness (QED) is 0.357. The minimum Gasteiger partial charge on any atom is -0.480 e. The van der Waals surface area contributed by atoms with Crippen LogP contribution in [0.25, 0.3) is 0 Å². The lowest BCUT2D eigenvalue weighted by Crippen LogP contribution is -2.56. The van der Waals surface area contributed by atoms with Gasteiger partial charge in [0.15, 0.2) is 0 Å². The monoisotopic (exact) mass is 219 g/mol. The molecule has 0 amide bonds. The summed E-state index contributed by atoms with van der Waals surface area (Å²) >= 11 is 0. The first-order chi connectivity index (χ1) is 6.65. The van der Waals surface area contributed by atoms with Crippen molar-refractivity contribution in [1.29, 1.82) is 0 Å². The molecule has 0 aliphatic rings. The maximum absolute atomic E-state index is 10.7. The van der Waals surface area contributed by atoms with Gasteiger partial charge in [0, 0.05) is 6.54 Å². The van der Waals surface area contributed by atoms with E-state index in [1.54, 1.807) is 0 Å². The van der Waals surface area contributed by atoms with Crippen molar-refractivity contribution in [2.45, 2.75) is 30.8 Å². The molecule has 7 nitrogen and oxygen atoms in total. The molecule has 2 atom stereocenters. The molecule has 0 aromatic rings. The molecule has 0 bridgehead atoms. The van der Waals surface area contributed by atoms with Crippen LogP contribution in [0, 0.1) is 0 Å². The normalized spacial score (nSPS) is 18.9. The highest BCUT2D eigenvalue weighted by atomic mass is 16.4. The second-order valence-corrected chi connectivity index (χ2v) is 3.89. The number of rotatable bonds is 6. The van der Waals surface area contributed by atoms with Gasteiger partial charge in [-0.3, -0.25) is 9.59 Å². The van der Waals surface area contributed by atoms with Gasteiger partial charge in [-0.2, -0.15) is 0 Å². The van der Waals surface area contributed by atoms with Crippen LogP contribution in [0.15, 0.2) is 0 Å². The molecule has 2 unspecified atom stereocenters. The van der Waals surface area contributed by atoms with E-state index >= 15 is 0 Å². The minimum atomic E-state index is -1.62. The molecule has 0 aliphatic carbocycles. The molecule has 0 saturated heterocycles. The van der Waals surface area contributed by atoms with Crippen molar-refractivity contribution in [2.24, 2.45) is 17.2 Å². The lowest BCUT2D eigenvalue weighted by Gasteiger charge is -2.27. The molecule has 0 saturated carbocycles. The first kappa shape index (κ1) is 13.8. The second-order valence-electron chi connectivity index (χ2n) is 3.89. The Hall–Kier alpha value is -1.18. The van der Waals surface area contributed by atoms with Crippen molar-refractivity contribution in [3.8, 4) is 0 Å². The lowest BCUT2D eigenvalue weighted by atomic mass is 9.87. The summed E-state index contributed by atoms with van der Waals surface area (Å²) in [7, 11) is 0. The number of carbonyl (C=O) groups is 2. The molecule has 0 fully saturated rings. The summed E-state index contributed by atoms with van der Waals surface area (Å²) in [5, 5.41) is 17.5. The zero-order valence-electron chi connectivity index (χ0n) is 8.56. The third-order valence-corrected chi connectivity index (χ3v) is 2.37. The third kappa shape index (κ3) is 3.46. The highest BCUT2D eigenvalue weighted by molar-refractivity contribution is 5.80. The Labute approximate surface area is 87.2 Å². The number of hydrogen-bond acceptors (Lipinski definition) is 5. The van der Waals surface area contributed by atoms with E-state index in [0.29, 0.717) is 0 Å². The van der Waals surface area contributed by atoms with Crippen molar-refractivity contribution in [3.63, 3.8) is 0 Å². The Morgan fingerprint density at radius 2 is 1.60 bits per heavy atom. The summed E-state index contributed by atoms with van der Waals surface area (Å²) in [5.41, 5.74) is 13.0. The first-order valence-electron chi connectivity index (χ1n) is 4.40. The number of aliphatic carboxylic acids is 2. The van der Waals surface area contributed by atoms with Crippen LogP contribution < -0.4 is 17.2 Å². The fourth-order valence-electron chi connectivity index (χ4n) is 0.886. The van der Waals surface area contributed by atoms with Gasteiger partial charge < -0.3 is 27.4 Å². The van der Waals surface area contributed by atoms with Crippen molar-refractivity contribution in [1.82, 2.24) is 0 Å². The number of carboxylic acids is 2. The largest absolute Gasteiger partial charge is 0.480 e. The molecule has 88 valence electrons. The molecule has 0 rings (SSSR count). The highest BCUT2D eigenvalue weighted by Crippen LogP contribution is 2.16. The summed E-state index contributed by atoms with van der Waals surface area (Å²) < 4.78 is 0. The van der Waals surface area contributed by atoms with Gasteiger partial charge in [-0.25, -0.2) is 0 Å². The van der Waals surface area contributed by atoms with Crippen molar-refractivity contribution in [2.75, 3.05) is 6.54 Å². The average Bonchev–Trinajstić information content (AvgIpc) is 2.13. The van der Waals surface area contributed by atoms with E-state index in [1.807, 2.05) is 0 Å². The zero-order valence-corrected chi connectivity index (χ0v) is 8.56. The number of carboxylic acid groups (broad SMARTS) is 2. The van der Waals surface area contributed by atoms with E-state index < -0.39 is 23.0 Å². The Balaban J connectivity index is 4.49.